The number of benzene rings is 1. The first-order valence-electron chi connectivity index (χ1n) is 11.5. The summed E-state index contributed by atoms with van der Waals surface area (Å²) in [5, 5.41) is 5.65. The maximum Gasteiger partial charge on any atom is 0.408 e. The van der Waals surface area contributed by atoms with Gasteiger partial charge in [0.05, 0.1) is 0 Å². The monoisotopic (exact) mass is 479 g/mol. The number of nitrogens with one attached hydrogen (secondary N) is 2. The third-order valence-corrected chi connectivity index (χ3v) is 5.11. The maximum atomic E-state index is 13.7. The second-order valence-electron chi connectivity index (χ2n) is 10.3. The van der Waals surface area contributed by atoms with Crippen LogP contribution in [-0.4, -0.2) is 52.3 Å². The summed E-state index contributed by atoms with van der Waals surface area (Å²) in [5.74, 6) is -0.569. The predicted molar refractivity (Wildman–Crippen MR) is 135 cm³/mol. The SMILES string of the molecule is CCCCN(C(=O)C(CS)NC(=O)OC(C)(C)C)C(C(=O)NC(C)(C)C)c1ccccc1C. The Bertz CT molecular complexity index is 815. The minimum atomic E-state index is -0.936. The Hall–Kier alpha value is -2.22. The van der Waals surface area contributed by atoms with E-state index in [1.807, 2.05) is 58.9 Å². The highest BCUT2D eigenvalue weighted by Gasteiger charge is 2.37. The molecule has 2 atom stereocenters. The van der Waals surface area contributed by atoms with Crippen molar-refractivity contribution in [2.45, 2.75) is 91.5 Å². The molecule has 0 saturated carbocycles. The van der Waals surface area contributed by atoms with Gasteiger partial charge in [-0.05, 0) is 66.0 Å². The van der Waals surface area contributed by atoms with Crippen molar-refractivity contribution < 1.29 is 19.1 Å². The summed E-state index contributed by atoms with van der Waals surface area (Å²) in [6.07, 6.45) is 0.857. The zero-order chi connectivity index (χ0) is 25.4. The molecule has 0 aliphatic carbocycles. The molecule has 7 nitrogen and oxygen atoms in total. The molecule has 1 aromatic rings. The highest BCUT2D eigenvalue weighted by Crippen LogP contribution is 2.27. The number of thiol groups is 1. The first-order valence-corrected chi connectivity index (χ1v) is 12.1. The van der Waals surface area contributed by atoms with Gasteiger partial charge in [0.1, 0.15) is 17.7 Å². The van der Waals surface area contributed by atoms with Gasteiger partial charge in [-0.3, -0.25) is 9.59 Å². The molecule has 0 radical (unpaired) electrons. The molecule has 0 spiro atoms. The molecule has 2 N–H and O–H groups in total. The fraction of sp³-hybridized carbons (Fsp3) is 0.640. The van der Waals surface area contributed by atoms with Gasteiger partial charge < -0.3 is 20.3 Å². The molecule has 0 heterocycles. The molecule has 0 saturated heterocycles. The lowest BCUT2D eigenvalue weighted by Gasteiger charge is -2.36. The average molecular weight is 480 g/mol. The van der Waals surface area contributed by atoms with E-state index in [1.165, 1.54) is 0 Å². The van der Waals surface area contributed by atoms with Crippen LogP contribution in [0.4, 0.5) is 4.79 Å². The van der Waals surface area contributed by atoms with Crippen molar-refractivity contribution in [1.29, 1.82) is 0 Å². The number of amides is 3. The molecule has 1 rings (SSSR count). The minimum absolute atomic E-state index is 0.0715. The molecule has 186 valence electrons. The number of nitrogens with zero attached hydrogens (tertiary/aromatic N) is 1. The molecule has 33 heavy (non-hydrogen) atoms. The number of alkyl carbamates (subject to hydrolysis) is 1. The van der Waals surface area contributed by atoms with E-state index < -0.39 is 29.3 Å². The summed E-state index contributed by atoms with van der Waals surface area (Å²) in [7, 11) is 0. The van der Waals surface area contributed by atoms with E-state index in [0.717, 1.165) is 17.5 Å². The molecule has 3 amide bonds. The summed E-state index contributed by atoms with van der Waals surface area (Å²) in [4.78, 5) is 41.1. The number of ether oxygens (including phenoxy) is 1. The lowest BCUT2D eigenvalue weighted by Crippen LogP contribution is -2.55. The number of hydrogen-bond acceptors (Lipinski definition) is 5. The van der Waals surface area contributed by atoms with Gasteiger partial charge in [-0.15, -0.1) is 0 Å². The Morgan fingerprint density at radius 2 is 1.70 bits per heavy atom. The lowest BCUT2D eigenvalue weighted by atomic mass is 9.96. The first kappa shape index (κ1) is 28.8. The molecule has 1 aromatic carbocycles. The number of unbranched alkanes of at least 4 members (excludes halogenated alkanes) is 1. The predicted octanol–water partition coefficient (Wildman–Crippen LogP) is 4.40. The molecule has 0 aliphatic heterocycles. The fourth-order valence-corrected chi connectivity index (χ4v) is 3.56. The van der Waals surface area contributed by atoms with Crippen LogP contribution in [0.2, 0.25) is 0 Å². The molecular formula is C25H41N3O4S. The van der Waals surface area contributed by atoms with Crippen molar-refractivity contribution in [2.24, 2.45) is 0 Å². The van der Waals surface area contributed by atoms with Crippen LogP contribution in [0.5, 0.6) is 0 Å². The van der Waals surface area contributed by atoms with E-state index >= 15 is 0 Å². The zero-order valence-electron chi connectivity index (χ0n) is 21.3. The van der Waals surface area contributed by atoms with Gasteiger partial charge in [0.15, 0.2) is 0 Å². The Morgan fingerprint density at radius 1 is 1.09 bits per heavy atom. The van der Waals surface area contributed by atoms with E-state index in [-0.39, 0.29) is 17.6 Å². The van der Waals surface area contributed by atoms with Crippen LogP contribution < -0.4 is 10.6 Å². The van der Waals surface area contributed by atoms with Gasteiger partial charge in [0, 0.05) is 17.8 Å². The molecule has 0 bridgehead atoms. The number of rotatable bonds is 9. The molecule has 0 aromatic heterocycles. The largest absolute Gasteiger partial charge is 0.444 e. The molecular weight excluding hydrogens is 438 g/mol. The topological polar surface area (TPSA) is 87.7 Å². The summed E-state index contributed by atoms with van der Waals surface area (Å²) in [6, 6.07) is 5.77. The van der Waals surface area contributed by atoms with E-state index in [1.54, 1.807) is 25.7 Å². The Balaban J connectivity index is 3.41. The Kier molecular flexibility index (Phi) is 10.7. The van der Waals surface area contributed by atoms with Crippen LogP contribution >= 0.6 is 12.6 Å². The second kappa shape index (κ2) is 12.3. The molecule has 2 unspecified atom stereocenters. The highest BCUT2D eigenvalue weighted by atomic mass is 32.1. The molecule has 0 aliphatic rings. The quantitative estimate of drug-likeness (QED) is 0.458. The number of carbonyl (C=O) groups excluding carboxylic acids is 3. The van der Waals surface area contributed by atoms with Gasteiger partial charge >= 0.3 is 6.09 Å². The van der Waals surface area contributed by atoms with Gasteiger partial charge in [-0.2, -0.15) is 12.6 Å². The van der Waals surface area contributed by atoms with Gasteiger partial charge in [0.2, 0.25) is 11.8 Å². The van der Waals surface area contributed by atoms with Gasteiger partial charge in [0.25, 0.3) is 0 Å². The van der Waals surface area contributed by atoms with Crippen molar-refractivity contribution in [3.8, 4) is 0 Å². The van der Waals surface area contributed by atoms with Crippen LogP contribution in [0.3, 0.4) is 0 Å². The normalized spacial score (nSPS) is 13.6. The van der Waals surface area contributed by atoms with Gasteiger partial charge in [-0.1, -0.05) is 37.6 Å². The first-order chi connectivity index (χ1) is 15.2. The van der Waals surface area contributed by atoms with Crippen LogP contribution in [0, 0.1) is 6.92 Å². The third kappa shape index (κ3) is 9.66. The standard InChI is InChI=1S/C25H41N3O4S/c1-9-10-15-28(22(30)19(16-33)26-23(31)32-25(6,7)8)20(21(29)27-24(3,4)5)18-14-12-11-13-17(18)2/h11-14,19-20,33H,9-10,15-16H2,1-8H3,(H,26,31)(H,27,29). The van der Waals surface area contributed by atoms with Crippen LogP contribution in [0.25, 0.3) is 0 Å². The molecule has 0 fully saturated rings. The zero-order valence-corrected chi connectivity index (χ0v) is 22.2. The van der Waals surface area contributed by atoms with E-state index in [9.17, 15) is 14.4 Å². The fourth-order valence-electron chi connectivity index (χ4n) is 3.31. The maximum absolute atomic E-state index is 13.7. The summed E-state index contributed by atoms with van der Waals surface area (Å²) < 4.78 is 5.32. The van der Waals surface area contributed by atoms with Crippen molar-refractivity contribution in [3.05, 3.63) is 35.4 Å². The average Bonchev–Trinajstić information content (AvgIpc) is 2.67. The van der Waals surface area contributed by atoms with Crippen LogP contribution in [-0.2, 0) is 14.3 Å². The highest BCUT2D eigenvalue weighted by molar-refractivity contribution is 7.80. The van der Waals surface area contributed by atoms with Crippen molar-refractivity contribution in [1.82, 2.24) is 15.5 Å². The Labute approximate surface area is 204 Å². The smallest absolute Gasteiger partial charge is 0.408 e. The summed E-state index contributed by atoms with van der Waals surface area (Å²) >= 11 is 4.31. The number of carbonyl (C=O) groups is 3. The van der Waals surface area contributed by atoms with Crippen molar-refractivity contribution >= 4 is 30.5 Å². The molecule has 8 heteroatoms. The minimum Gasteiger partial charge on any atom is -0.444 e. The van der Waals surface area contributed by atoms with E-state index in [0.29, 0.717) is 13.0 Å². The van der Waals surface area contributed by atoms with Crippen LogP contribution in [0.15, 0.2) is 24.3 Å². The summed E-state index contributed by atoms with van der Waals surface area (Å²) in [6.45, 7) is 15.3. The Morgan fingerprint density at radius 3 is 2.18 bits per heavy atom. The number of aryl methyl sites for hydroxylation is 1. The van der Waals surface area contributed by atoms with Crippen molar-refractivity contribution in [2.75, 3.05) is 12.3 Å². The summed E-state index contributed by atoms with van der Waals surface area (Å²) in [5.41, 5.74) is 0.476. The van der Waals surface area contributed by atoms with E-state index in [4.69, 9.17) is 4.74 Å². The van der Waals surface area contributed by atoms with Crippen molar-refractivity contribution in [3.63, 3.8) is 0 Å². The van der Waals surface area contributed by atoms with Gasteiger partial charge in [-0.25, -0.2) is 4.79 Å². The third-order valence-electron chi connectivity index (χ3n) is 4.75. The second-order valence-corrected chi connectivity index (χ2v) is 10.6. The van der Waals surface area contributed by atoms with E-state index in [2.05, 4.69) is 23.3 Å². The number of hydrogen-bond donors (Lipinski definition) is 3. The van der Waals surface area contributed by atoms with Crippen LogP contribution in [0.1, 0.15) is 78.5 Å². The lowest BCUT2D eigenvalue weighted by molar-refractivity contribution is -0.142.